The largest absolute Gasteiger partial charge is 0.456 e. The third-order valence-corrected chi connectivity index (χ3v) is 1.55. The number of rotatable bonds is 2. The van der Waals surface area contributed by atoms with Crippen LogP contribution in [0.4, 0.5) is 0 Å². The number of nitriles is 1. The molecule has 1 heterocycles. The minimum atomic E-state index is -0.860. The maximum Gasteiger partial charge on any atom is 0.214 e. The molecule has 0 aromatic carbocycles. The van der Waals surface area contributed by atoms with Crippen molar-refractivity contribution in [3.8, 4) is 11.9 Å². The Morgan fingerprint density at radius 1 is 1.54 bits per heavy atom. The van der Waals surface area contributed by atoms with Crippen LogP contribution in [0.3, 0.4) is 0 Å². The van der Waals surface area contributed by atoms with Gasteiger partial charge in [0.15, 0.2) is 5.60 Å². The molecule has 0 fully saturated rings. The summed E-state index contributed by atoms with van der Waals surface area (Å²) in [7, 11) is 0. The van der Waals surface area contributed by atoms with Crippen LogP contribution in [0.15, 0.2) is 18.3 Å². The zero-order valence-corrected chi connectivity index (χ0v) is 8.17. The van der Waals surface area contributed by atoms with E-state index in [1.54, 1.807) is 26.0 Å². The van der Waals surface area contributed by atoms with Gasteiger partial charge in [0, 0.05) is 12.3 Å². The van der Waals surface area contributed by atoms with Crippen molar-refractivity contribution in [1.82, 2.24) is 4.98 Å². The van der Waals surface area contributed by atoms with Crippen molar-refractivity contribution >= 4 is 11.6 Å². The average molecular weight is 197 g/mol. The van der Waals surface area contributed by atoms with Crippen LogP contribution in [0.2, 0.25) is 5.02 Å². The molecule has 0 aliphatic rings. The van der Waals surface area contributed by atoms with Crippen molar-refractivity contribution < 1.29 is 4.74 Å². The molecule has 0 spiro atoms. The Labute approximate surface area is 81.9 Å². The van der Waals surface area contributed by atoms with E-state index in [1.165, 1.54) is 6.20 Å². The molecule has 0 radical (unpaired) electrons. The average Bonchev–Trinajstić information content (AvgIpc) is 2.09. The minimum Gasteiger partial charge on any atom is -0.456 e. The molecule has 0 amide bonds. The van der Waals surface area contributed by atoms with Crippen LogP contribution >= 0.6 is 11.6 Å². The monoisotopic (exact) mass is 196 g/mol. The fourth-order valence-electron chi connectivity index (χ4n) is 0.707. The standard InChI is InChI=1S/C9H9ClN2O/c1-9(2,6-11)13-8-4-3-7(10)5-12-8/h3-5H,1-2H3. The first-order valence-electron chi connectivity index (χ1n) is 3.75. The predicted molar refractivity (Wildman–Crippen MR) is 49.6 cm³/mol. The highest BCUT2D eigenvalue weighted by atomic mass is 35.5. The van der Waals surface area contributed by atoms with Crippen LogP contribution in [-0.4, -0.2) is 10.6 Å². The normalized spacial score (nSPS) is 10.6. The van der Waals surface area contributed by atoms with Gasteiger partial charge in [-0.15, -0.1) is 0 Å². The van der Waals surface area contributed by atoms with Gasteiger partial charge >= 0.3 is 0 Å². The molecule has 1 aromatic rings. The zero-order valence-electron chi connectivity index (χ0n) is 7.41. The Hall–Kier alpha value is -1.27. The van der Waals surface area contributed by atoms with Crippen LogP contribution in [0, 0.1) is 11.3 Å². The first kappa shape index (κ1) is 9.82. The van der Waals surface area contributed by atoms with Gasteiger partial charge in [-0.3, -0.25) is 0 Å². The molecular weight excluding hydrogens is 188 g/mol. The summed E-state index contributed by atoms with van der Waals surface area (Å²) in [4.78, 5) is 3.91. The second-order valence-electron chi connectivity index (χ2n) is 3.04. The lowest BCUT2D eigenvalue weighted by molar-refractivity contribution is 0.162. The number of nitrogens with zero attached hydrogens (tertiary/aromatic N) is 2. The molecule has 3 nitrogen and oxygen atoms in total. The highest BCUT2D eigenvalue weighted by molar-refractivity contribution is 6.30. The van der Waals surface area contributed by atoms with Crippen molar-refractivity contribution in [3.05, 3.63) is 23.4 Å². The number of halogens is 1. The van der Waals surface area contributed by atoms with E-state index in [9.17, 15) is 0 Å². The molecule has 4 heteroatoms. The van der Waals surface area contributed by atoms with E-state index < -0.39 is 5.60 Å². The number of hydrogen-bond donors (Lipinski definition) is 0. The molecule has 0 unspecified atom stereocenters. The third kappa shape index (κ3) is 2.92. The van der Waals surface area contributed by atoms with Crippen molar-refractivity contribution in [1.29, 1.82) is 5.26 Å². The molecule has 0 saturated heterocycles. The molecule has 0 aliphatic carbocycles. The molecule has 68 valence electrons. The Balaban J connectivity index is 2.77. The Bertz CT molecular complexity index is 326. The lowest BCUT2D eigenvalue weighted by atomic mass is 10.2. The summed E-state index contributed by atoms with van der Waals surface area (Å²) >= 11 is 5.63. The number of ether oxygens (including phenoxy) is 1. The Kier molecular flexibility index (Phi) is 2.74. The molecule has 0 atom stereocenters. The lowest BCUT2D eigenvalue weighted by Gasteiger charge is -2.16. The first-order chi connectivity index (χ1) is 6.03. The van der Waals surface area contributed by atoms with Crippen molar-refractivity contribution in [2.45, 2.75) is 19.4 Å². The summed E-state index contributed by atoms with van der Waals surface area (Å²) in [5, 5.41) is 9.22. The van der Waals surface area contributed by atoms with E-state index in [0.717, 1.165) is 0 Å². The molecule has 0 bridgehead atoms. The molecule has 13 heavy (non-hydrogen) atoms. The lowest BCUT2D eigenvalue weighted by Crippen LogP contribution is -2.25. The summed E-state index contributed by atoms with van der Waals surface area (Å²) in [5.74, 6) is 0.399. The second-order valence-corrected chi connectivity index (χ2v) is 3.48. The molecule has 0 N–H and O–H groups in total. The van der Waals surface area contributed by atoms with Crippen LogP contribution in [0.5, 0.6) is 5.88 Å². The number of aromatic nitrogens is 1. The minimum absolute atomic E-state index is 0.399. The summed E-state index contributed by atoms with van der Waals surface area (Å²) in [6.07, 6.45) is 1.48. The number of hydrogen-bond acceptors (Lipinski definition) is 3. The molecule has 0 saturated carbocycles. The highest BCUT2D eigenvalue weighted by Gasteiger charge is 2.18. The van der Waals surface area contributed by atoms with E-state index in [-0.39, 0.29) is 0 Å². The smallest absolute Gasteiger partial charge is 0.214 e. The van der Waals surface area contributed by atoms with Gasteiger partial charge in [0.1, 0.15) is 6.07 Å². The summed E-state index contributed by atoms with van der Waals surface area (Å²) in [6, 6.07) is 5.30. The van der Waals surface area contributed by atoms with Crippen LogP contribution in [0.1, 0.15) is 13.8 Å². The van der Waals surface area contributed by atoms with Crippen molar-refractivity contribution in [3.63, 3.8) is 0 Å². The van der Waals surface area contributed by atoms with Gasteiger partial charge in [-0.05, 0) is 19.9 Å². The number of pyridine rings is 1. The third-order valence-electron chi connectivity index (χ3n) is 1.33. The molecule has 1 rings (SSSR count). The van der Waals surface area contributed by atoms with E-state index in [2.05, 4.69) is 4.98 Å². The molecule has 0 aliphatic heterocycles. The van der Waals surface area contributed by atoms with Crippen molar-refractivity contribution in [2.75, 3.05) is 0 Å². The van der Waals surface area contributed by atoms with Gasteiger partial charge in [-0.1, -0.05) is 11.6 Å². The first-order valence-corrected chi connectivity index (χ1v) is 4.13. The SMILES string of the molecule is CC(C)(C#N)Oc1ccc(Cl)cn1. The predicted octanol–water partition coefficient (Wildman–Crippen LogP) is 2.42. The van der Waals surface area contributed by atoms with Crippen LogP contribution in [0.25, 0.3) is 0 Å². The van der Waals surface area contributed by atoms with E-state index in [4.69, 9.17) is 21.6 Å². The van der Waals surface area contributed by atoms with E-state index >= 15 is 0 Å². The van der Waals surface area contributed by atoms with Gasteiger partial charge in [0.05, 0.1) is 5.02 Å². The maximum atomic E-state index is 8.68. The second kappa shape index (κ2) is 3.63. The van der Waals surface area contributed by atoms with Gasteiger partial charge in [0.2, 0.25) is 5.88 Å². The van der Waals surface area contributed by atoms with E-state index in [0.29, 0.717) is 10.9 Å². The van der Waals surface area contributed by atoms with Gasteiger partial charge in [-0.2, -0.15) is 5.26 Å². The molecule has 1 aromatic heterocycles. The fourth-order valence-corrected chi connectivity index (χ4v) is 0.819. The maximum absolute atomic E-state index is 8.68. The van der Waals surface area contributed by atoms with Crippen LogP contribution in [-0.2, 0) is 0 Å². The molecular formula is C9H9ClN2O. The summed E-state index contributed by atoms with van der Waals surface area (Å²) in [5.41, 5.74) is -0.860. The topological polar surface area (TPSA) is 45.9 Å². The van der Waals surface area contributed by atoms with Gasteiger partial charge in [-0.25, -0.2) is 4.98 Å². The summed E-state index contributed by atoms with van der Waals surface area (Å²) < 4.78 is 5.28. The van der Waals surface area contributed by atoms with Gasteiger partial charge < -0.3 is 4.74 Å². The highest BCUT2D eigenvalue weighted by Crippen LogP contribution is 2.16. The zero-order chi connectivity index (χ0) is 9.90. The van der Waals surface area contributed by atoms with Crippen molar-refractivity contribution in [2.24, 2.45) is 0 Å². The van der Waals surface area contributed by atoms with Gasteiger partial charge in [0.25, 0.3) is 0 Å². The Morgan fingerprint density at radius 2 is 2.23 bits per heavy atom. The van der Waals surface area contributed by atoms with Crippen LogP contribution < -0.4 is 4.74 Å². The Morgan fingerprint density at radius 3 is 2.69 bits per heavy atom. The van der Waals surface area contributed by atoms with E-state index in [1.807, 2.05) is 6.07 Å². The summed E-state index contributed by atoms with van der Waals surface area (Å²) in [6.45, 7) is 3.34. The fraction of sp³-hybridized carbons (Fsp3) is 0.333. The quantitative estimate of drug-likeness (QED) is 0.730.